The topological polar surface area (TPSA) is 96.0 Å². The molecule has 2 aliphatic carbocycles. The predicted molar refractivity (Wildman–Crippen MR) is 172 cm³/mol. The van der Waals surface area contributed by atoms with Crippen molar-refractivity contribution in [1.29, 1.82) is 0 Å². The average molecular weight is 624 g/mol. The van der Waals surface area contributed by atoms with Gasteiger partial charge in [-0.3, -0.25) is 9.59 Å². The van der Waals surface area contributed by atoms with Gasteiger partial charge in [0, 0.05) is 43.7 Å². The van der Waals surface area contributed by atoms with Crippen LogP contribution in [0.4, 0.5) is 5.69 Å². The fraction of sp³-hybridized carbons (Fsp3) is 0.455. The fourth-order valence-electron chi connectivity index (χ4n) is 5.63. The molecule has 1 atom stereocenters. The van der Waals surface area contributed by atoms with E-state index in [-0.39, 0.29) is 13.3 Å². The number of amides is 2. The maximum Gasteiger partial charge on any atom is 0.277 e. The summed E-state index contributed by atoms with van der Waals surface area (Å²) in [7, 11) is -3.66. The molecule has 0 spiro atoms. The fourth-order valence-corrected chi connectivity index (χ4v) is 7.79. The zero-order valence-corrected chi connectivity index (χ0v) is 26.3. The van der Waals surface area contributed by atoms with Crippen molar-refractivity contribution in [3.05, 3.63) is 71.6 Å². The molecule has 1 saturated heterocycles. The molecule has 2 heterocycles. The van der Waals surface area contributed by atoms with E-state index in [2.05, 4.69) is 56.3 Å². The summed E-state index contributed by atoms with van der Waals surface area (Å²) in [6.45, 7) is 5.20. The van der Waals surface area contributed by atoms with Crippen molar-refractivity contribution in [3.8, 4) is 16.2 Å². The van der Waals surface area contributed by atoms with Crippen LogP contribution in [0.1, 0.15) is 59.4 Å². The molecule has 1 aromatic heterocycles. The van der Waals surface area contributed by atoms with Gasteiger partial charge in [0.1, 0.15) is 5.75 Å². The van der Waals surface area contributed by atoms with E-state index in [0.29, 0.717) is 37.7 Å². The number of piperidine rings is 1. The van der Waals surface area contributed by atoms with Crippen LogP contribution in [0.5, 0.6) is 5.75 Å². The maximum atomic E-state index is 13.9. The molecule has 1 N–H and O–H groups in total. The molecule has 6 rings (SSSR count). The SMILES string of the molecule is CC(C)(Oc1cccc(N2CCC[C@@H](C(=O)N(Cc3ccc(-c4cccs4)cc3)C3CC3)C2)c1)C(=O)NS(=O)(=O)C1CC1.[HH]. The highest BCUT2D eigenvalue weighted by atomic mass is 32.2. The smallest absolute Gasteiger partial charge is 0.277 e. The Balaban J connectivity index is 0.00000384. The van der Waals surface area contributed by atoms with E-state index < -0.39 is 26.8 Å². The number of carbonyl (C=O) groups excluding carboxylic acids is 2. The Bertz CT molecular complexity index is 1570. The summed E-state index contributed by atoms with van der Waals surface area (Å²) in [6, 6.07) is 20.5. The summed E-state index contributed by atoms with van der Waals surface area (Å²) in [5.41, 5.74) is 1.88. The third kappa shape index (κ3) is 7.07. The molecule has 2 amide bonds. The highest BCUT2D eigenvalue weighted by Gasteiger charge is 2.41. The van der Waals surface area contributed by atoms with E-state index in [1.807, 2.05) is 18.2 Å². The lowest BCUT2D eigenvalue weighted by Crippen LogP contribution is -2.49. The van der Waals surface area contributed by atoms with Crippen LogP contribution >= 0.6 is 11.3 Å². The Hall–Kier alpha value is -3.37. The number of nitrogens with zero attached hydrogens (tertiary/aromatic N) is 2. The number of thiophene rings is 1. The van der Waals surface area contributed by atoms with Crippen LogP contribution in [-0.4, -0.2) is 55.1 Å². The number of rotatable bonds is 11. The van der Waals surface area contributed by atoms with E-state index in [9.17, 15) is 18.0 Å². The number of sulfonamides is 1. The molecular weight excluding hydrogens is 583 g/mol. The highest BCUT2D eigenvalue weighted by Crippen LogP contribution is 2.34. The number of anilines is 1. The first kappa shape index (κ1) is 29.7. The summed E-state index contributed by atoms with van der Waals surface area (Å²) >= 11 is 1.73. The number of carbonyl (C=O) groups is 2. The molecule has 0 unspecified atom stereocenters. The summed E-state index contributed by atoms with van der Waals surface area (Å²) in [4.78, 5) is 32.2. The lowest BCUT2D eigenvalue weighted by atomic mass is 9.95. The molecule has 3 fully saturated rings. The van der Waals surface area contributed by atoms with E-state index in [1.165, 1.54) is 10.4 Å². The standard InChI is InChI=1S/C33H39N3O5S2.H2/c1-33(2,32(38)34-43(39,40)29-16-17-29)41-28-8-3-7-27(20-28)35-18-4-6-25(22-35)31(37)36(26-14-15-26)21-23-10-12-24(13-11-23)30-9-5-19-42-30;/h3,5,7-13,19-20,25-26,29H,4,6,14-18,21-22H2,1-2H3,(H,34,38);1H/t25-;/m1./s1. The van der Waals surface area contributed by atoms with Gasteiger partial charge in [-0.2, -0.15) is 0 Å². The molecule has 230 valence electrons. The van der Waals surface area contributed by atoms with Crippen molar-refractivity contribution >= 4 is 38.9 Å². The first-order valence-corrected chi connectivity index (χ1v) is 17.5. The van der Waals surface area contributed by atoms with Gasteiger partial charge in [-0.05, 0) is 87.1 Å². The summed E-state index contributed by atoms with van der Waals surface area (Å²) in [5, 5.41) is 1.59. The first-order chi connectivity index (χ1) is 20.6. The molecule has 0 radical (unpaired) electrons. The van der Waals surface area contributed by atoms with E-state index in [1.54, 1.807) is 31.3 Å². The minimum absolute atomic E-state index is 0. The van der Waals surface area contributed by atoms with Crippen LogP contribution in [0.25, 0.3) is 10.4 Å². The predicted octanol–water partition coefficient (Wildman–Crippen LogP) is 5.83. The molecule has 43 heavy (non-hydrogen) atoms. The molecule has 2 saturated carbocycles. The van der Waals surface area contributed by atoms with Crippen molar-refractivity contribution in [3.63, 3.8) is 0 Å². The van der Waals surface area contributed by atoms with Gasteiger partial charge in [-0.25, -0.2) is 13.1 Å². The monoisotopic (exact) mass is 623 g/mol. The molecule has 10 heteroatoms. The summed E-state index contributed by atoms with van der Waals surface area (Å²) in [6.07, 6.45) is 5.02. The Morgan fingerprint density at radius 2 is 1.81 bits per heavy atom. The first-order valence-electron chi connectivity index (χ1n) is 15.1. The highest BCUT2D eigenvalue weighted by molar-refractivity contribution is 7.90. The molecule has 3 aromatic rings. The third-order valence-corrected chi connectivity index (χ3v) is 11.2. The maximum absolute atomic E-state index is 13.9. The van der Waals surface area contributed by atoms with Crippen LogP contribution in [0, 0.1) is 5.92 Å². The number of ether oxygens (including phenoxy) is 1. The zero-order chi connectivity index (χ0) is 30.2. The Labute approximate surface area is 259 Å². The average Bonchev–Trinajstić information content (AvgIpc) is 3.94. The molecule has 8 nitrogen and oxygen atoms in total. The lowest BCUT2D eigenvalue weighted by Gasteiger charge is -2.36. The number of benzene rings is 2. The Morgan fingerprint density at radius 3 is 2.49 bits per heavy atom. The van der Waals surface area contributed by atoms with Gasteiger partial charge < -0.3 is 14.5 Å². The van der Waals surface area contributed by atoms with Crippen LogP contribution in [0.3, 0.4) is 0 Å². The number of hydrogen-bond donors (Lipinski definition) is 1. The van der Waals surface area contributed by atoms with Gasteiger partial charge in [0.15, 0.2) is 5.60 Å². The Morgan fingerprint density at radius 1 is 1.05 bits per heavy atom. The van der Waals surface area contributed by atoms with Crippen LogP contribution in [-0.2, 0) is 26.2 Å². The lowest BCUT2D eigenvalue weighted by molar-refractivity contribution is -0.137. The van der Waals surface area contributed by atoms with Gasteiger partial charge in [0.25, 0.3) is 5.91 Å². The molecular formula is C33H41N3O5S2. The van der Waals surface area contributed by atoms with Crippen molar-refractivity contribution in [2.24, 2.45) is 5.92 Å². The number of hydrogen-bond acceptors (Lipinski definition) is 7. The van der Waals surface area contributed by atoms with E-state index in [0.717, 1.165) is 43.5 Å². The summed E-state index contributed by atoms with van der Waals surface area (Å²) in [5.74, 6) is -0.0916. The second kappa shape index (κ2) is 12.0. The quantitative estimate of drug-likeness (QED) is 0.289. The minimum Gasteiger partial charge on any atom is -0.478 e. The van der Waals surface area contributed by atoms with Crippen molar-refractivity contribution < 1.29 is 24.2 Å². The second-order valence-electron chi connectivity index (χ2n) is 12.4. The van der Waals surface area contributed by atoms with Crippen LogP contribution < -0.4 is 14.4 Å². The van der Waals surface area contributed by atoms with Crippen molar-refractivity contribution in [2.45, 2.75) is 75.8 Å². The normalized spacial score (nSPS) is 19.1. The molecule has 0 bridgehead atoms. The van der Waals surface area contributed by atoms with Gasteiger partial charge >= 0.3 is 0 Å². The van der Waals surface area contributed by atoms with Crippen molar-refractivity contribution in [1.82, 2.24) is 9.62 Å². The van der Waals surface area contributed by atoms with E-state index >= 15 is 0 Å². The molecule has 1 aliphatic heterocycles. The third-order valence-electron chi connectivity index (χ3n) is 8.45. The van der Waals surface area contributed by atoms with Crippen LogP contribution in [0.15, 0.2) is 66.0 Å². The van der Waals surface area contributed by atoms with Gasteiger partial charge in [-0.1, -0.05) is 36.4 Å². The zero-order valence-electron chi connectivity index (χ0n) is 24.7. The Kier molecular flexibility index (Phi) is 8.26. The van der Waals surface area contributed by atoms with Gasteiger partial charge in [0.2, 0.25) is 15.9 Å². The van der Waals surface area contributed by atoms with Crippen LogP contribution in [0.2, 0.25) is 0 Å². The summed E-state index contributed by atoms with van der Waals surface area (Å²) < 4.78 is 32.8. The van der Waals surface area contributed by atoms with E-state index in [4.69, 9.17) is 4.74 Å². The van der Waals surface area contributed by atoms with Gasteiger partial charge in [-0.15, -0.1) is 11.3 Å². The second-order valence-corrected chi connectivity index (χ2v) is 15.4. The minimum atomic E-state index is -3.66. The largest absolute Gasteiger partial charge is 0.478 e. The molecule has 2 aromatic carbocycles. The number of nitrogens with one attached hydrogen (secondary N) is 1. The molecule has 3 aliphatic rings. The van der Waals surface area contributed by atoms with Crippen molar-refractivity contribution in [2.75, 3.05) is 18.0 Å². The van der Waals surface area contributed by atoms with Gasteiger partial charge in [0.05, 0.1) is 11.2 Å².